The van der Waals surface area contributed by atoms with Crippen molar-refractivity contribution in [2.75, 3.05) is 19.0 Å². The highest BCUT2D eigenvalue weighted by Gasteiger charge is 2.09. The van der Waals surface area contributed by atoms with Crippen molar-refractivity contribution in [1.29, 1.82) is 0 Å². The molecule has 0 bridgehead atoms. The van der Waals surface area contributed by atoms with Gasteiger partial charge in [0.15, 0.2) is 11.5 Å². The molecule has 0 heterocycles. The van der Waals surface area contributed by atoms with E-state index in [4.69, 9.17) is 9.47 Å². The van der Waals surface area contributed by atoms with Crippen LogP contribution in [0.1, 0.15) is 17.3 Å². The van der Waals surface area contributed by atoms with Gasteiger partial charge in [-0.3, -0.25) is 4.79 Å². The van der Waals surface area contributed by atoms with Gasteiger partial charge in [0, 0.05) is 21.8 Å². The maximum Gasteiger partial charge on any atom is 0.255 e. The molecular weight excluding hydrogens is 334 g/mol. The van der Waals surface area contributed by atoms with E-state index in [1.165, 1.54) is 0 Å². The molecule has 2 aromatic rings. The molecule has 0 aliphatic carbocycles. The predicted octanol–water partition coefficient (Wildman–Crippen LogP) is 4.11. The van der Waals surface area contributed by atoms with Gasteiger partial charge in [-0.25, -0.2) is 0 Å². The first kappa shape index (κ1) is 15.4. The molecule has 21 heavy (non-hydrogen) atoms. The summed E-state index contributed by atoms with van der Waals surface area (Å²) in [6.45, 7) is 2.46. The van der Waals surface area contributed by atoms with E-state index < -0.39 is 0 Å². The van der Waals surface area contributed by atoms with Crippen LogP contribution in [0.25, 0.3) is 0 Å². The van der Waals surface area contributed by atoms with Crippen LogP contribution in [0.3, 0.4) is 0 Å². The minimum Gasteiger partial charge on any atom is -0.493 e. The maximum atomic E-state index is 12.1. The topological polar surface area (TPSA) is 47.6 Å². The Bertz CT molecular complexity index is 626. The van der Waals surface area contributed by atoms with Crippen LogP contribution in [-0.4, -0.2) is 19.6 Å². The molecule has 110 valence electrons. The van der Waals surface area contributed by atoms with Crippen LogP contribution in [0.5, 0.6) is 11.5 Å². The second-order valence-electron chi connectivity index (χ2n) is 4.26. The van der Waals surface area contributed by atoms with Gasteiger partial charge in [-0.2, -0.15) is 0 Å². The van der Waals surface area contributed by atoms with Crippen molar-refractivity contribution in [3.05, 3.63) is 52.5 Å². The van der Waals surface area contributed by atoms with Crippen LogP contribution in [0, 0.1) is 0 Å². The Kier molecular flexibility index (Phi) is 5.22. The van der Waals surface area contributed by atoms with Crippen molar-refractivity contribution >= 4 is 27.5 Å². The summed E-state index contributed by atoms with van der Waals surface area (Å²) in [5, 5.41) is 2.83. The summed E-state index contributed by atoms with van der Waals surface area (Å²) >= 11 is 3.34. The summed E-state index contributed by atoms with van der Waals surface area (Å²) in [4.78, 5) is 12.1. The van der Waals surface area contributed by atoms with E-state index in [0.717, 1.165) is 4.47 Å². The minimum atomic E-state index is -0.172. The first-order chi connectivity index (χ1) is 10.1. The summed E-state index contributed by atoms with van der Waals surface area (Å²) in [5.41, 5.74) is 1.24. The normalized spacial score (nSPS) is 10.0. The number of hydrogen-bond donors (Lipinski definition) is 1. The Morgan fingerprint density at radius 3 is 2.48 bits per heavy atom. The van der Waals surface area contributed by atoms with Crippen molar-refractivity contribution < 1.29 is 14.3 Å². The quantitative estimate of drug-likeness (QED) is 0.883. The third-order valence-corrected chi connectivity index (χ3v) is 3.36. The fourth-order valence-corrected chi connectivity index (χ4v) is 2.09. The zero-order valence-corrected chi connectivity index (χ0v) is 13.4. The standard InChI is InChI=1S/C16H16BrNO3/c1-3-21-14-9-8-13(10-15(14)20-2)18-16(19)11-4-6-12(17)7-5-11/h4-10H,3H2,1-2H3,(H,18,19). The molecule has 0 aliphatic rings. The summed E-state index contributed by atoms with van der Waals surface area (Å²) in [6, 6.07) is 12.5. The Morgan fingerprint density at radius 1 is 1.14 bits per heavy atom. The molecule has 2 rings (SSSR count). The van der Waals surface area contributed by atoms with Gasteiger partial charge in [-0.05, 0) is 43.3 Å². The lowest BCUT2D eigenvalue weighted by atomic mass is 10.2. The lowest BCUT2D eigenvalue weighted by molar-refractivity contribution is 0.102. The third-order valence-electron chi connectivity index (χ3n) is 2.83. The first-order valence-electron chi connectivity index (χ1n) is 6.51. The fourth-order valence-electron chi connectivity index (χ4n) is 1.82. The van der Waals surface area contributed by atoms with Crippen LogP contribution < -0.4 is 14.8 Å². The number of hydrogen-bond acceptors (Lipinski definition) is 3. The second-order valence-corrected chi connectivity index (χ2v) is 5.18. The lowest BCUT2D eigenvalue weighted by Crippen LogP contribution is -2.11. The number of anilines is 1. The predicted molar refractivity (Wildman–Crippen MR) is 86.3 cm³/mol. The van der Waals surface area contributed by atoms with Gasteiger partial charge >= 0.3 is 0 Å². The SMILES string of the molecule is CCOc1ccc(NC(=O)c2ccc(Br)cc2)cc1OC. The largest absolute Gasteiger partial charge is 0.493 e. The molecule has 5 heteroatoms. The second kappa shape index (κ2) is 7.13. The van der Waals surface area contributed by atoms with Crippen molar-refractivity contribution in [3.63, 3.8) is 0 Å². The average molecular weight is 350 g/mol. The highest BCUT2D eigenvalue weighted by atomic mass is 79.9. The lowest BCUT2D eigenvalue weighted by Gasteiger charge is -2.11. The minimum absolute atomic E-state index is 0.172. The van der Waals surface area contributed by atoms with Crippen molar-refractivity contribution in [2.45, 2.75) is 6.92 Å². The zero-order valence-electron chi connectivity index (χ0n) is 11.9. The number of carbonyl (C=O) groups is 1. The Balaban J connectivity index is 2.15. The number of carbonyl (C=O) groups excluding carboxylic acids is 1. The van der Waals surface area contributed by atoms with E-state index in [-0.39, 0.29) is 5.91 Å². The average Bonchev–Trinajstić information content (AvgIpc) is 2.49. The molecule has 0 radical (unpaired) electrons. The molecule has 0 saturated carbocycles. The Labute approximate surface area is 132 Å². The van der Waals surface area contributed by atoms with E-state index in [0.29, 0.717) is 29.4 Å². The van der Waals surface area contributed by atoms with Gasteiger partial charge in [0.05, 0.1) is 13.7 Å². The number of halogens is 1. The number of rotatable bonds is 5. The van der Waals surface area contributed by atoms with Crippen molar-refractivity contribution in [3.8, 4) is 11.5 Å². The van der Waals surface area contributed by atoms with Crippen molar-refractivity contribution in [1.82, 2.24) is 0 Å². The molecule has 0 fully saturated rings. The molecule has 0 saturated heterocycles. The van der Waals surface area contributed by atoms with E-state index in [2.05, 4.69) is 21.2 Å². The summed E-state index contributed by atoms with van der Waals surface area (Å²) in [6.07, 6.45) is 0. The highest BCUT2D eigenvalue weighted by molar-refractivity contribution is 9.10. The fraction of sp³-hybridized carbons (Fsp3) is 0.188. The smallest absolute Gasteiger partial charge is 0.255 e. The van der Waals surface area contributed by atoms with Gasteiger partial charge in [-0.1, -0.05) is 15.9 Å². The molecule has 1 amide bonds. The maximum absolute atomic E-state index is 12.1. The van der Waals surface area contributed by atoms with Gasteiger partial charge in [0.2, 0.25) is 0 Å². The number of benzene rings is 2. The summed E-state index contributed by atoms with van der Waals surface area (Å²) in [5.74, 6) is 1.07. The monoisotopic (exact) mass is 349 g/mol. The molecule has 0 unspecified atom stereocenters. The Morgan fingerprint density at radius 2 is 1.86 bits per heavy atom. The van der Waals surface area contributed by atoms with Crippen LogP contribution in [0.2, 0.25) is 0 Å². The molecule has 4 nitrogen and oxygen atoms in total. The molecule has 0 spiro atoms. The van der Waals surface area contributed by atoms with Crippen LogP contribution in [0.15, 0.2) is 46.9 Å². The zero-order chi connectivity index (χ0) is 15.2. The summed E-state index contributed by atoms with van der Waals surface area (Å²) in [7, 11) is 1.57. The highest BCUT2D eigenvalue weighted by Crippen LogP contribution is 2.30. The van der Waals surface area contributed by atoms with Gasteiger partial charge < -0.3 is 14.8 Å². The summed E-state index contributed by atoms with van der Waals surface area (Å²) < 4.78 is 11.6. The van der Waals surface area contributed by atoms with Gasteiger partial charge in [0.1, 0.15) is 0 Å². The van der Waals surface area contributed by atoms with E-state index in [1.54, 1.807) is 37.4 Å². The van der Waals surface area contributed by atoms with E-state index in [1.807, 2.05) is 19.1 Å². The van der Waals surface area contributed by atoms with E-state index >= 15 is 0 Å². The Hall–Kier alpha value is -2.01. The van der Waals surface area contributed by atoms with Crippen LogP contribution in [-0.2, 0) is 0 Å². The molecule has 0 aromatic heterocycles. The third kappa shape index (κ3) is 3.98. The van der Waals surface area contributed by atoms with Gasteiger partial charge in [0.25, 0.3) is 5.91 Å². The number of methoxy groups -OCH3 is 1. The number of amides is 1. The van der Waals surface area contributed by atoms with Crippen molar-refractivity contribution in [2.24, 2.45) is 0 Å². The van der Waals surface area contributed by atoms with Crippen LogP contribution >= 0.6 is 15.9 Å². The molecule has 0 aliphatic heterocycles. The molecular formula is C16H16BrNO3. The molecule has 2 aromatic carbocycles. The van der Waals surface area contributed by atoms with Gasteiger partial charge in [-0.15, -0.1) is 0 Å². The molecule has 1 N–H and O–H groups in total. The van der Waals surface area contributed by atoms with E-state index in [9.17, 15) is 4.79 Å². The number of nitrogens with one attached hydrogen (secondary N) is 1. The molecule has 0 atom stereocenters. The number of ether oxygens (including phenoxy) is 2. The van der Waals surface area contributed by atoms with Crippen LogP contribution in [0.4, 0.5) is 5.69 Å². The first-order valence-corrected chi connectivity index (χ1v) is 7.31.